The Bertz CT molecular complexity index is 405. The van der Waals surface area contributed by atoms with Crippen LogP contribution in [0.4, 0.5) is 4.39 Å². The second kappa shape index (κ2) is 6.16. The van der Waals surface area contributed by atoms with Gasteiger partial charge in [0.15, 0.2) is 0 Å². The van der Waals surface area contributed by atoms with Crippen molar-refractivity contribution in [3.05, 3.63) is 34.1 Å². The Kier molecular flexibility index (Phi) is 4.79. The van der Waals surface area contributed by atoms with Crippen LogP contribution in [0.15, 0.2) is 22.7 Å². The van der Waals surface area contributed by atoms with Crippen molar-refractivity contribution in [1.29, 1.82) is 0 Å². The SMILES string of the molecule is CC(C)CNCC1CCC1c1cc(Br)ccc1F. The molecular weight excluding hydrogens is 293 g/mol. The molecule has 1 fully saturated rings. The number of halogens is 2. The van der Waals surface area contributed by atoms with Gasteiger partial charge in [-0.25, -0.2) is 4.39 Å². The summed E-state index contributed by atoms with van der Waals surface area (Å²) in [5, 5.41) is 3.49. The van der Waals surface area contributed by atoms with E-state index in [1.54, 1.807) is 12.1 Å². The van der Waals surface area contributed by atoms with E-state index in [2.05, 4.69) is 35.1 Å². The molecule has 1 aliphatic rings. The summed E-state index contributed by atoms with van der Waals surface area (Å²) in [6.45, 7) is 6.47. The molecule has 0 spiro atoms. The first-order chi connectivity index (χ1) is 8.58. The van der Waals surface area contributed by atoms with Gasteiger partial charge >= 0.3 is 0 Å². The molecule has 2 unspecified atom stereocenters. The van der Waals surface area contributed by atoms with Gasteiger partial charge in [0.2, 0.25) is 0 Å². The van der Waals surface area contributed by atoms with E-state index in [4.69, 9.17) is 0 Å². The van der Waals surface area contributed by atoms with Crippen LogP contribution in [0, 0.1) is 17.7 Å². The third-order valence-electron chi connectivity index (χ3n) is 3.73. The summed E-state index contributed by atoms with van der Waals surface area (Å²) in [5.74, 6) is 1.60. The first kappa shape index (κ1) is 14.0. The van der Waals surface area contributed by atoms with Crippen LogP contribution in [0.3, 0.4) is 0 Å². The maximum atomic E-state index is 13.8. The standard InChI is InChI=1S/C15H21BrFN/c1-10(2)8-18-9-11-3-5-13(11)14-7-12(16)4-6-15(14)17/h4,6-7,10-11,13,18H,3,5,8-9H2,1-2H3. The van der Waals surface area contributed by atoms with Gasteiger partial charge in [-0.2, -0.15) is 0 Å². The molecule has 2 atom stereocenters. The molecule has 1 saturated carbocycles. The fourth-order valence-corrected chi connectivity index (χ4v) is 2.96. The fourth-order valence-electron chi connectivity index (χ4n) is 2.58. The van der Waals surface area contributed by atoms with Crippen LogP contribution < -0.4 is 5.32 Å². The molecule has 0 amide bonds. The molecule has 0 radical (unpaired) electrons. The number of hydrogen-bond acceptors (Lipinski definition) is 1. The minimum absolute atomic E-state index is 0.0586. The Balaban J connectivity index is 1.95. The summed E-state index contributed by atoms with van der Waals surface area (Å²) in [5.41, 5.74) is 0.881. The van der Waals surface area contributed by atoms with Crippen molar-refractivity contribution in [2.45, 2.75) is 32.6 Å². The average molecular weight is 314 g/mol. The number of rotatable bonds is 5. The number of nitrogens with one attached hydrogen (secondary N) is 1. The van der Waals surface area contributed by atoms with E-state index in [1.165, 1.54) is 6.42 Å². The van der Waals surface area contributed by atoms with Gasteiger partial charge in [0, 0.05) is 4.47 Å². The molecule has 0 saturated heterocycles. The first-order valence-electron chi connectivity index (χ1n) is 6.73. The Morgan fingerprint density at radius 3 is 2.78 bits per heavy atom. The van der Waals surface area contributed by atoms with Gasteiger partial charge in [-0.3, -0.25) is 0 Å². The Morgan fingerprint density at radius 2 is 2.17 bits per heavy atom. The predicted octanol–water partition coefficient (Wildman–Crippen LogP) is 4.33. The highest BCUT2D eigenvalue weighted by molar-refractivity contribution is 9.10. The van der Waals surface area contributed by atoms with Gasteiger partial charge in [0.1, 0.15) is 5.82 Å². The number of hydrogen-bond donors (Lipinski definition) is 1. The third kappa shape index (κ3) is 3.33. The topological polar surface area (TPSA) is 12.0 Å². The summed E-state index contributed by atoms with van der Waals surface area (Å²) in [7, 11) is 0. The normalized spacial score (nSPS) is 23.2. The fraction of sp³-hybridized carbons (Fsp3) is 0.600. The Hall–Kier alpha value is -0.410. The molecule has 1 aliphatic carbocycles. The summed E-state index contributed by atoms with van der Waals surface area (Å²) in [6, 6.07) is 5.27. The van der Waals surface area contributed by atoms with Crippen molar-refractivity contribution >= 4 is 15.9 Å². The van der Waals surface area contributed by atoms with Gasteiger partial charge in [0.05, 0.1) is 0 Å². The van der Waals surface area contributed by atoms with E-state index >= 15 is 0 Å². The summed E-state index contributed by atoms with van der Waals surface area (Å²) >= 11 is 3.43. The number of benzene rings is 1. The minimum Gasteiger partial charge on any atom is -0.316 e. The summed E-state index contributed by atoms with van der Waals surface area (Å²) < 4.78 is 14.8. The van der Waals surface area contributed by atoms with E-state index in [0.717, 1.165) is 29.5 Å². The largest absolute Gasteiger partial charge is 0.316 e. The first-order valence-corrected chi connectivity index (χ1v) is 7.53. The zero-order valence-corrected chi connectivity index (χ0v) is 12.6. The van der Waals surface area contributed by atoms with E-state index in [9.17, 15) is 4.39 Å². The molecule has 18 heavy (non-hydrogen) atoms. The van der Waals surface area contributed by atoms with Crippen LogP contribution >= 0.6 is 15.9 Å². The maximum Gasteiger partial charge on any atom is 0.126 e. The second-order valence-electron chi connectivity index (χ2n) is 5.66. The van der Waals surface area contributed by atoms with Crippen LogP contribution in [0.25, 0.3) is 0 Å². The molecule has 1 aromatic carbocycles. The van der Waals surface area contributed by atoms with Crippen LogP contribution in [-0.2, 0) is 0 Å². The third-order valence-corrected chi connectivity index (χ3v) is 4.23. The van der Waals surface area contributed by atoms with Crippen molar-refractivity contribution < 1.29 is 4.39 Å². The minimum atomic E-state index is -0.0586. The van der Waals surface area contributed by atoms with Crippen molar-refractivity contribution in [2.75, 3.05) is 13.1 Å². The highest BCUT2D eigenvalue weighted by Crippen LogP contribution is 2.43. The molecule has 0 bridgehead atoms. The molecule has 1 nitrogen and oxygen atoms in total. The van der Waals surface area contributed by atoms with Gasteiger partial charge in [-0.15, -0.1) is 0 Å². The lowest BCUT2D eigenvalue weighted by molar-refractivity contribution is 0.238. The van der Waals surface area contributed by atoms with Crippen LogP contribution in [0.1, 0.15) is 38.2 Å². The van der Waals surface area contributed by atoms with E-state index < -0.39 is 0 Å². The second-order valence-corrected chi connectivity index (χ2v) is 6.58. The summed E-state index contributed by atoms with van der Waals surface area (Å²) in [6.07, 6.45) is 2.32. The molecule has 100 valence electrons. The van der Waals surface area contributed by atoms with E-state index in [1.807, 2.05) is 6.07 Å². The molecular formula is C15H21BrFN. The van der Waals surface area contributed by atoms with Gasteiger partial charge in [-0.1, -0.05) is 29.8 Å². The predicted molar refractivity (Wildman–Crippen MR) is 77.3 cm³/mol. The monoisotopic (exact) mass is 313 g/mol. The molecule has 1 N–H and O–H groups in total. The van der Waals surface area contributed by atoms with Gasteiger partial charge in [-0.05, 0) is 67.4 Å². The maximum absolute atomic E-state index is 13.8. The van der Waals surface area contributed by atoms with E-state index in [0.29, 0.717) is 17.8 Å². The van der Waals surface area contributed by atoms with Crippen molar-refractivity contribution in [3.63, 3.8) is 0 Å². The lowest BCUT2D eigenvalue weighted by Crippen LogP contribution is -2.35. The Morgan fingerprint density at radius 1 is 1.39 bits per heavy atom. The van der Waals surface area contributed by atoms with E-state index in [-0.39, 0.29) is 5.82 Å². The van der Waals surface area contributed by atoms with Crippen molar-refractivity contribution in [1.82, 2.24) is 5.32 Å². The molecule has 0 aliphatic heterocycles. The molecule has 2 rings (SSSR count). The highest BCUT2D eigenvalue weighted by Gasteiger charge is 2.33. The molecule has 3 heteroatoms. The highest BCUT2D eigenvalue weighted by atomic mass is 79.9. The summed E-state index contributed by atoms with van der Waals surface area (Å²) in [4.78, 5) is 0. The van der Waals surface area contributed by atoms with Crippen molar-refractivity contribution in [2.24, 2.45) is 11.8 Å². The van der Waals surface area contributed by atoms with Crippen LogP contribution in [0.5, 0.6) is 0 Å². The van der Waals surface area contributed by atoms with Crippen LogP contribution in [-0.4, -0.2) is 13.1 Å². The zero-order valence-electron chi connectivity index (χ0n) is 11.0. The van der Waals surface area contributed by atoms with Crippen molar-refractivity contribution in [3.8, 4) is 0 Å². The quantitative estimate of drug-likeness (QED) is 0.853. The average Bonchev–Trinajstić information content (AvgIpc) is 2.27. The van der Waals surface area contributed by atoms with Gasteiger partial charge in [0.25, 0.3) is 0 Å². The Labute approximate surface area is 117 Å². The molecule has 0 aromatic heterocycles. The smallest absolute Gasteiger partial charge is 0.126 e. The van der Waals surface area contributed by atoms with Crippen LogP contribution in [0.2, 0.25) is 0 Å². The molecule has 0 heterocycles. The lowest BCUT2D eigenvalue weighted by Gasteiger charge is -2.37. The van der Waals surface area contributed by atoms with Gasteiger partial charge < -0.3 is 5.32 Å². The zero-order chi connectivity index (χ0) is 13.1. The lowest BCUT2D eigenvalue weighted by atomic mass is 9.70. The molecule has 1 aromatic rings.